The molecule has 40 heavy (non-hydrogen) atoms. The van der Waals surface area contributed by atoms with Gasteiger partial charge < -0.3 is 18.6 Å². The summed E-state index contributed by atoms with van der Waals surface area (Å²) >= 11 is 0. The molecule has 7 rings (SSSR count). The first-order valence-corrected chi connectivity index (χ1v) is 12.9. The van der Waals surface area contributed by atoms with E-state index in [1.165, 1.54) is 0 Å². The molecule has 0 N–H and O–H groups in total. The zero-order valence-corrected chi connectivity index (χ0v) is 21.2. The highest BCUT2D eigenvalue weighted by atomic mass is 16.4. The van der Waals surface area contributed by atoms with Gasteiger partial charge in [0.25, 0.3) is 11.8 Å². The molecule has 10 heteroatoms. The van der Waals surface area contributed by atoms with Crippen LogP contribution in [0.5, 0.6) is 0 Å². The van der Waals surface area contributed by atoms with E-state index < -0.39 is 0 Å². The second kappa shape index (κ2) is 9.73. The van der Waals surface area contributed by atoms with Crippen LogP contribution < -0.4 is 0 Å². The largest absolute Gasteiger partial charge is 0.435 e. The average Bonchev–Trinajstić information content (AvgIpc) is 3.65. The van der Waals surface area contributed by atoms with Crippen LogP contribution in [0.3, 0.4) is 0 Å². The first-order valence-electron chi connectivity index (χ1n) is 12.9. The predicted octanol–water partition coefficient (Wildman–Crippen LogP) is 4.69. The number of amides is 2. The molecule has 1 aliphatic heterocycles. The van der Waals surface area contributed by atoms with E-state index in [0.29, 0.717) is 71.9 Å². The number of oxazole rings is 2. The fraction of sp³-hybridized carbons (Fsp3) is 0.133. The van der Waals surface area contributed by atoms with Crippen LogP contribution in [-0.2, 0) is 0 Å². The lowest BCUT2D eigenvalue weighted by Crippen LogP contribution is -2.50. The predicted molar refractivity (Wildman–Crippen MR) is 146 cm³/mol. The number of carbonyl (C=O) groups excluding carboxylic acids is 2. The number of para-hydroxylation sites is 4. The molecule has 5 heterocycles. The Morgan fingerprint density at radius 2 is 0.950 bits per heavy atom. The molecule has 2 aromatic carbocycles. The summed E-state index contributed by atoms with van der Waals surface area (Å²) in [5, 5.41) is 0. The van der Waals surface area contributed by atoms with Crippen molar-refractivity contribution in [3.63, 3.8) is 0 Å². The van der Waals surface area contributed by atoms with E-state index in [1.54, 1.807) is 46.2 Å². The molecule has 196 valence electrons. The van der Waals surface area contributed by atoms with E-state index in [4.69, 9.17) is 8.83 Å². The quantitative estimate of drug-likeness (QED) is 0.322. The fourth-order valence-electron chi connectivity index (χ4n) is 4.75. The summed E-state index contributed by atoms with van der Waals surface area (Å²) in [5.41, 5.74) is 4.34. The minimum absolute atomic E-state index is 0.207. The van der Waals surface area contributed by atoms with Crippen molar-refractivity contribution in [3.05, 3.63) is 96.3 Å². The van der Waals surface area contributed by atoms with Crippen LogP contribution >= 0.6 is 0 Å². The molecule has 0 atom stereocenters. The molecule has 0 spiro atoms. The summed E-state index contributed by atoms with van der Waals surface area (Å²) in [6.07, 6.45) is 0. The van der Waals surface area contributed by atoms with E-state index in [1.807, 2.05) is 48.5 Å². The van der Waals surface area contributed by atoms with Gasteiger partial charge in [-0.15, -0.1) is 0 Å². The van der Waals surface area contributed by atoms with Crippen molar-refractivity contribution in [3.8, 4) is 23.2 Å². The maximum atomic E-state index is 13.3. The highest BCUT2D eigenvalue weighted by molar-refractivity contribution is 5.94. The van der Waals surface area contributed by atoms with Gasteiger partial charge in [-0.05, 0) is 48.5 Å². The highest BCUT2D eigenvalue weighted by Crippen LogP contribution is 2.24. The average molecular weight is 531 g/mol. The van der Waals surface area contributed by atoms with Crippen LogP contribution in [0.15, 0.2) is 93.8 Å². The van der Waals surface area contributed by atoms with Gasteiger partial charge in [0.15, 0.2) is 11.2 Å². The molecule has 0 radical (unpaired) electrons. The Labute approximate surface area is 227 Å². The smallest absolute Gasteiger partial charge is 0.272 e. The van der Waals surface area contributed by atoms with Gasteiger partial charge in [-0.25, -0.2) is 19.9 Å². The summed E-state index contributed by atoms with van der Waals surface area (Å²) in [4.78, 5) is 47.9. The molecule has 6 aromatic rings. The van der Waals surface area contributed by atoms with Crippen molar-refractivity contribution in [2.24, 2.45) is 0 Å². The van der Waals surface area contributed by atoms with Crippen molar-refractivity contribution in [1.82, 2.24) is 29.7 Å². The Morgan fingerprint density at radius 1 is 0.525 bits per heavy atom. The second-order valence-electron chi connectivity index (χ2n) is 9.37. The number of hydrogen-bond acceptors (Lipinski definition) is 8. The normalized spacial score (nSPS) is 13.7. The maximum absolute atomic E-state index is 13.3. The number of fused-ring (bicyclic) bond motifs is 2. The molecular weight excluding hydrogens is 508 g/mol. The Hall–Kier alpha value is -5.38. The maximum Gasteiger partial charge on any atom is 0.272 e. The summed E-state index contributed by atoms with van der Waals surface area (Å²) in [6.45, 7) is 1.52. The third kappa shape index (κ3) is 4.35. The number of benzene rings is 2. The van der Waals surface area contributed by atoms with Crippen LogP contribution in [0, 0.1) is 0 Å². The van der Waals surface area contributed by atoms with Gasteiger partial charge >= 0.3 is 0 Å². The van der Waals surface area contributed by atoms with E-state index in [2.05, 4.69) is 19.9 Å². The molecule has 4 aromatic heterocycles. The van der Waals surface area contributed by atoms with Gasteiger partial charge in [0.2, 0.25) is 11.8 Å². The summed E-state index contributed by atoms with van der Waals surface area (Å²) in [6, 6.07) is 25.3. The topological polar surface area (TPSA) is 118 Å². The number of pyridine rings is 2. The Balaban J connectivity index is 1.03. The monoisotopic (exact) mass is 530 g/mol. The zero-order valence-electron chi connectivity index (χ0n) is 21.2. The SMILES string of the molecule is O=C(c1cccc(-c2nc3ccccc3o2)n1)N1CCN(C(=O)c2cccc(-c3nc4ccccc4o3)n2)CC1. The minimum atomic E-state index is -0.207. The number of aromatic nitrogens is 4. The summed E-state index contributed by atoms with van der Waals surface area (Å²) < 4.78 is 11.6. The van der Waals surface area contributed by atoms with E-state index in [-0.39, 0.29) is 11.8 Å². The van der Waals surface area contributed by atoms with Crippen LogP contribution in [-0.4, -0.2) is 67.7 Å². The highest BCUT2D eigenvalue weighted by Gasteiger charge is 2.27. The van der Waals surface area contributed by atoms with Gasteiger partial charge in [-0.2, -0.15) is 0 Å². The van der Waals surface area contributed by atoms with Crippen LogP contribution in [0.2, 0.25) is 0 Å². The van der Waals surface area contributed by atoms with Crippen molar-refractivity contribution in [1.29, 1.82) is 0 Å². The fourth-order valence-corrected chi connectivity index (χ4v) is 4.75. The number of hydrogen-bond donors (Lipinski definition) is 0. The molecule has 0 bridgehead atoms. The lowest BCUT2D eigenvalue weighted by atomic mass is 10.2. The Kier molecular flexibility index (Phi) is 5.77. The van der Waals surface area contributed by atoms with E-state index >= 15 is 0 Å². The van der Waals surface area contributed by atoms with Gasteiger partial charge in [0.1, 0.15) is 33.8 Å². The summed E-state index contributed by atoms with van der Waals surface area (Å²) in [5.74, 6) is 0.306. The number of nitrogens with zero attached hydrogens (tertiary/aromatic N) is 6. The van der Waals surface area contributed by atoms with Gasteiger partial charge in [-0.1, -0.05) is 36.4 Å². The third-order valence-electron chi connectivity index (χ3n) is 6.82. The number of carbonyl (C=O) groups is 2. The van der Waals surface area contributed by atoms with Crippen molar-refractivity contribution >= 4 is 34.0 Å². The van der Waals surface area contributed by atoms with Crippen LogP contribution in [0.25, 0.3) is 45.4 Å². The Morgan fingerprint density at radius 3 is 1.38 bits per heavy atom. The molecule has 1 aliphatic rings. The molecule has 0 saturated carbocycles. The minimum Gasteiger partial charge on any atom is -0.435 e. The molecule has 2 amide bonds. The molecule has 1 saturated heterocycles. The number of rotatable bonds is 4. The van der Waals surface area contributed by atoms with Gasteiger partial charge in [0, 0.05) is 26.2 Å². The van der Waals surface area contributed by atoms with Gasteiger partial charge in [0.05, 0.1) is 0 Å². The van der Waals surface area contributed by atoms with Crippen LogP contribution in [0.4, 0.5) is 0 Å². The molecule has 1 fully saturated rings. The van der Waals surface area contributed by atoms with Gasteiger partial charge in [-0.3, -0.25) is 9.59 Å². The van der Waals surface area contributed by atoms with Crippen molar-refractivity contribution < 1.29 is 18.4 Å². The molecule has 0 unspecified atom stereocenters. The standard InChI is InChI=1S/C30H22N6O4/c37-29(23-11-5-9-21(31-23)27-33-19-7-1-3-13-25(19)39-27)35-15-17-36(18-16-35)30(38)24-12-6-10-22(32-24)28-34-20-8-2-4-14-26(20)40-28/h1-14H,15-18H2. The summed E-state index contributed by atoms with van der Waals surface area (Å²) in [7, 11) is 0. The van der Waals surface area contributed by atoms with E-state index in [0.717, 1.165) is 11.0 Å². The van der Waals surface area contributed by atoms with Crippen molar-refractivity contribution in [2.75, 3.05) is 26.2 Å². The molecular formula is C30H22N6O4. The zero-order chi connectivity index (χ0) is 27.1. The van der Waals surface area contributed by atoms with E-state index in [9.17, 15) is 9.59 Å². The first-order chi connectivity index (χ1) is 19.6. The second-order valence-corrected chi connectivity index (χ2v) is 9.37. The molecule has 10 nitrogen and oxygen atoms in total. The lowest BCUT2D eigenvalue weighted by molar-refractivity contribution is 0.0529. The molecule has 0 aliphatic carbocycles. The number of piperazine rings is 1. The van der Waals surface area contributed by atoms with Crippen molar-refractivity contribution in [2.45, 2.75) is 0 Å². The van der Waals surface area contributed by atoms with Crippen LogP contribution in [0.1, 0.15) is 21.0 Å². The first kappa shape index (κ1) is 23.7. The Bertz CT molecular complexity index is 1680. The lowest BCUT2D eigenvalue weighted by Gasteiger charge is -2.34. The third-order valence-corrected chi connectivity index (χ3v) is 6.82.